The Balaban J connectivity index is 2.31. The lowest BCUT2D eigenvalue weighted by atomic mass is 10.0. The summed E-state index contributed by atoms with van der Waals surface area (Å²) in [6.07, 6.45) is 0.426. The van der Waals surface area contributed by atoms with Crippen molar-refractivity contribution in [2.24, 2.45) is 5.73 Å². The molecule has 1 saturated heterocycles. The van der Waals surface area contributed by atoms with Crippen LogP contribution in [0.1, 0.15) is 27.2 Å². The topological polar surface area (TPSA) is 76.4 Å². The Bertz CT molecular complexity index is 225. The van der Waals surface area contributed by atoms with Gasteiger partial charge in [0.05, 0.1) is 0 Å². The minimum absolute atomic E-state index is 0.0728. The van der Waals surface area contributed by atoms with Crippen LogP contribution >= 0.6 is 0 Å². The quantitative estimate of drug-likeness (QED) is 0.584. The number of hydrogen-bond donors (Lipinski definition) is 3. The molecule has 2 atom stereocenters. The molecule has 5 nitrogen and oxygen atoms in total. The molecular weight excluding hydrogens is 194 g/mol. The van der Waals surface area contributed by atoms with Gasteiger partial charge in [0.15, 0.2) is 0 Å². The highest BCUT2D eigenvalue weighted by Crippen LogP contribution is 2.08. The highest BCUT2D eigenvalue weighted by atomic mass is 16.6. The van der Waals surface area contributed by atoms with Crippen LogP contribution in [0.15, 0.2) is 0 Å². The Labute approximate surface area is 90.7 Å². The van der Waals surface area contributed by atoms with E-state index < -0.39 is 5.60 Å². The van der Waals surface area contributed by atoms with E-state index in [4.69, 9.17) is 10.5 Å². The minimum Gasteiger partial charge on any atom is -0.444 e. The van der Waals surface area contributed by atoms with Crippen LogP contribution in [0, 0.1) is 0 Å². The Morgan fingerprint density at radius 2 is 2.13 bits per heavy atom. The Morgan fingerprint density at radius 3 is 2.67 bits per heavy atom. The van der Waals surface area contributed by atoms with Crippen molar-refractivity contribution < 1.29 is 9.53 Å². The molecule has 15 heavy (non-hydrogen) atoms. The molecule has 0 aromatic heterocycles. The maximum absolute atomic E-state index is 11.4. The molecule has 5 heteroatoms. The summed E-state index contributed by atoms with van der Waals surface area (Å²) in [5, 5.41) is 5.96. The van der Waals surface area contributed by atoms with Gasteiger partial charge in [-0.15, -0.1) is 0 Å². The van der Waals surface area contributed by atoms with Crippen LogP contribution < -0.4 is 16.4 Å². The predicted molar refractivity (Wildman–Crippen MR) is 58.6 cm³/mol. The fourth-order valence-electron chi connectivity index (χ4n) is 1.56. The molecule has 1 rings (SSSR count). The SMILES string of the molecule is CC(C)(C)OC(=O)N[C@H]1CNC[C@@H](N)C1. The molecule has 4 N–H and O–H groups in total. The smallest absolute Gasteiger partial charge is 0.407 e. The van der Waals surface area contributed by atoms with Crippen LogP contribution in [-0.4, -0.2) is 36.9 Å². The van der Waals surface area contributed by atoms with E-state index in [-0.39, 0.29) is 18.2 Å². The number of nitrogens with one attached hydrogen (secondary N) is 2. The van der Waals surface area contributed by atoms with Crippen molar-refractivity contribution in [3.8, 4) is 0 Å². The fraction of sp³-hybridized carbons (Fsp3) is 0.900. The van der Waals surface area contributed by atoms with E-state index in [1.165, 1.54) is 0 Å². The third-order valence-corrected chi connectivity index (χ3v) is 2.11. The summed E-state index contributed by atoms with van der Waals surface area (Å²) in [5.74, 6) is 0. The van der Waals surface area contributed by atoms with Gasteiger partial charge in [0.1, 0.15) is 5.60 Å². The molecule has 0 spiro atoms. The van der Waals surface area contributed by atoms with Gasteiger partial charge in [-0.2, -0.15) is 0 Å². The van der Waals surface area contributed by atoms with Crippen molar-refractivity contribution in [2.75, 3.05) is 13.1 Å². The molecule has 0 aliphatic carbocycles. The van der Waals surface area contributed by atoms with E-state index in [0.29, 0.717) is 0 Å². The molecular formula is C10H21N3O2. The van der Waals surface area contributed by atoms with E-state index >= 15 is 0 Å². The summed E-state index contributed by atoms with van der Waals surface area (Å²) >= 11 is 0. The summed E-state index contributed by atoms with van der Waals surface area (Å²) in [5.41, 5.74) is 5.32. The summed E-state index contributed by atoms with van der Waals surface area (Å²) in [4.78, 5) is 11.4. The summed E-state index contributed by atoms with van der Waals surface area (Å²) < 4.78 is 5.16. The molecule has 1 aliphatic rings. The van der Waals surface area contributed by atoms with E-state index in [2.05, 4.69) is 10.6 Å². The van der Waals surface area contributed by atoms with Gasteiger partial charge in [0.2, 0.25) is 0 Å². The number of ether oxygens (including phenoxy) is 1. The number of alkyl carbamates (subject to hydrolysis) is 1. The zero-order valence-corrected chi connectivity index (χ0v) is 9.67. The standard InChI is InChI=1S/C10H21N3O2/c1-10(2,3)15-9(14)13-8-4-7(11)5-12-6-8/h7-8,12H,4-6,11H2,1-3H3,(H,13,14)/t7-,8+/m0/s1. The molecule has 0 bridgehead atoms. The largest absolute Gasteiger partial charge is 0.444 e. The molecule has 1 heterocycles. The predicted octanol–water partition coefficient (Wildman–Crippen LogP) is 0.200. The molecule has 1 aliphatic heterocycles. The first-order valence-electron chi connectivity index (χ1n) is 5.32. The molecule has 88 valence electrons. The molecule has 0 aromatic rings. The summed E-state index contributed by atoms with van der Waals surface area (Å²) in [6, 6.07) is 0.183. The first-order valence-corrected chi connectivity index (χ1v) is 5.32. The number of hydrogen-bond acceptors (Lipinski definition) is 4. The zero-order chi connectivity index (χ0) is 11.5. The van der Waals surface area contributed by atoms with Crippen molar-refractivity contribution in [3.05, 3.63) is 0 Å². The average Bonchev–Trinajstić information content (AvgIpc) is 1.99. The van der Waals surface area contributed by atoms with Gasteiger partial charge in [0, 0.05) is 25.2 Å². The van der Waals surface area contributed by atoms with Crippen molar-refractivity contribution >= 4 is 6.09 Å². The van der Waals surface area contributed by atoms with E-state index in [0.717, 1.165) is 19.5 Å². The number of piperidine rings is 1. The van der Waals surface area contributed by atoms with Crippen LogP contribution in [0.3, 0.4) is 0 Å². The minimum atomic E-state index is -0.450. The lowest BCUT2D eigenvalue weighted by Gasteiger charge is -2.29. The highest BCUT2D eigenvalue weighted by Gasteiger charge is 2.23. The lowest BCUT2D eigenvalue weighted by molar-refractivity contribution is 0.0495. The Morgan fingerprint density at radius 1 is 1.47 bits per heavy atom. The van der Waals surface area contributed by atoms with E-state index in [1.807, 2.05) is 20.8 Å². The molecule has 0 saturated carbocycles. The third-order valence-electron chi connectivity index (χ3n) is 2.11. The van der Waals surface area contributed by atoms with Gasteiger partial charge >= 0.3 is 6.09 Å². The van der Waals surface area contributed by atoms with Gasteiger partial charge in [-0.05, 0) is 27.2 Å². The number of carbonyl (C=O) groups is 1. The van der Waals surface area contributed by atoms with Crippen molar-refractivity contribution in [3.63, 3.8) is 0 Å². The normalized spacial score (nSPS) is 27.2. The van der Waals surface area contributed by atoms with Crippen LogP contribution in [0.4, 0.5) is 4.79 Å². The van der Waals surface area contributed by atoms with Crippen molar-refractivity contribution in [1.82, 2.24) is 10.6 Å². The first kappa shape index (κ1) is 12.3. The first-order chi connectivity index (χ1) is 6.87. The van der Waals surface area contributed by atoms with Gasteiger partial charge in [-0.25, -0.2) is 4.79 Å². The molecule has 1 fully saturated rings. The fourth-order valence-corrected chi connectivity index (χ4v) is 1.56. The van der Waals surface area contributed by atoms with Crippen molar-refractivity contribution in [1.29, 1.82) is 0 Å². The van der Waals surface area contributed by atoms with Crippen LogP contribution in [0.5, 0.6) is 0 Å². The maximum atomic E-state index is 11.4. The Kier molecular flexibility index (Phi) is 3.93. The van der Waals surface area contributed by atoms with Crippen LogP contribution in [0.2, 0.25) is 0 Å². The number of carbonyl (C=O) groups excluding carboxylic acids is 1. The van der Waals surface area contributed by atoms with Crippen molar-refractivity contribution in [2.45, 2.75) is 44.9 Å². The zero-order valence-electron chi connectivity index (χ0n) is 9.67. The van der Waals surface area contributed by atoms with Gasteiger partial charge in [-0.3, -0.25) is 0 Å². The molecule has 0 unspecified atom stereocenters. The molecule has 0 radical (unpaired) electrons. The van der Waals surface area contributed by atoms with Gasteiger partial charge in [-0.1, -0.05) is 0 Å². The van der Waals surface area contributed by atoms with E-state index in [9.17, 15) is 4.79 Å². The second-order valence-corrected chi connectivity index (χ2v) is 5.00. The number of rotatable bonds is 1. The Hall–Kier alpha value is -0.810. The summed E-state index contributed by atoms with van der Waals surface area (Å²) in [7, 11) is 0. The summed E-state index contributed by atoms with van der Waals surface area (Å²) in [6.45, 7) is 7.10. The lowest BCUT2D eigenvalue weighted by Crippen LogP contribution is -2.53. The maximum Gasteiger partial charge on any atom is 0.407 e. The average molecular weight is 215 g/mol. The number of nitrogens with two attached hydrogens (primary N) is 1. The van der Waals surface area contributed by atoms with E-state index in [1.54, 1.807) is 0 Å². The second-order valence-electron chi connectivity index (χ2n) is 5.00. The van der Waals surface area contributed by atoms with Crippen LogP contribution in [-0.2, 0) is 4.74 Å². The monoisotopic (exact) mass is 215 g/mol. The third kappa shape index (κ3) is 4.99. The molecule has 1 amide bonds. The highest BCUT2D eigenvalue weighted by molar-refractivity contribution is 5.68. The number of amides is 1. The molecule has 0 aromatic carbocycles. The van der Waals surface area contributed by atoms with Crippen LogP contribution in [0.25, 0.3) is 0 Å². The second kappa shape index (κ2) is 4.81. The van der Waals surface area contributed by atoms with Gasteiger partial charge in [0.25, 0.3) is 0 Å². The van der Waals surface area contributed by atoms with Gasteiger partial charge < -0.3 is 21.1 Å².